The number of amides is 2. The van der Waals surface area contributed by atoms with Gasteiger partial charge >= 0.3 is 12.5 Å². The van der Waals surface area contributed by atoms with Crippen LogP contribution in [0.3, 0.4) is 0 Å². The maximum absolute atomic E-state index is 12.5. The van der Waals surface area contributed by atoms with Gasteiger partial charge in [-0.1, -0.05) is 0 Å². The minimum Gasteiger partial charge on any atom is -0.462 e. The molecule has 0 saturated heterocycles. The van der Waals surface area contributed by atoms with Crippen LogP contribution in [0.1, 0.15) is 49.6 Å². The third kappa shape index (κ3) is 3.82. The summed E-state index contributed by atoms with van der Waals surface area (Å²) in [5.74, 6) is -2.32. The molecule has 2 heterocycles. The zero-order chi connectivity index (χ0) is 18.7. The maximum Gasteiger partial charge on any atom is 0.341 e. The van der Waals surface area contributed by atoms with Crippen LogP contribution in [0.2, 0.25) is 0 Å². The van der Waals surface area contributed by atoms with Gasteiger partial charge in [0.1, 0.15) is 5.00 Å². The molecule has 2 amide bonds. The molecule has 2 aromatic rings. The minimum absolute atomic E-state index is 0.0118. The van der Waals surface area contributed by atoms with Crippen molar-refractivity contribution in [2.45, 2.75) is 20.4 Å². The highest BCUT2D eigenvalue weighted by Gasteiger charge is 2.26. The third-order valence-electron chi connectivity index (χ3n) is 3.12. The molecule has 11 heteroatoms. The van der Waals surface area contributed by atoms with Crippen LogP contribution < -0.4 is 11.1 Å². The summed E-state index contributed by atoms with van der Waals surface area (Å²) in [5, 5.41) is 5.85. The van der Waals surface area contributed by atoms with E-state index in [0.29, 0.717) is 4.68 Å². The summed E-state index contributed by atoms with van der Waals surface area (Å²) >= 11 is 0.794. The first kappa shape index (κ1) is 18.5. The highest BCUT2D eigenvalue weighted by atomic mass is 32.1. The molecule has 2 aromatic heterocycles. The van der Waals surface area contributed by atoms with E-state index in [0.717, 1.165) is 23.6 Å². The summed E-state index contributed by atoms with van der Waals surface area (Å²) in [7, 11) is 0. The number of carbonyl (C=O) groups excluding carboxylic acids is 3. The number of hydrogen-bond acceptors (Lipinski definition) is 6. The van der Waals surface area contributed by atoms with E-state index in [4.69, 9.17) is 10.5 Å². The van der Waals surface area contributed by atoms with Crippen molar-refractivity contribution in [2.75, 3.05) is 11.9 Å². The molecule has 0 aliphatic carbocycles. The van der Waals surface area contributed by atoms with Crippen LogP contribution in [-0.2, 0) is 4.74 Å². The molecule has 0 radical (unpaired) electrons. The Labute approximate surface area is 144 Å². The molecule has 0 atom stereocenters. The summed E-state index contributed by atoms with van der Waals surface area (Å²) < 4.78 is 30.3. The molecule has 0 aliphatic heterocycles. The van der Waals surface area contributed by atoms with Gasteiger partial charge in [0.05, 0.1) is 17.0 Å². The molecule has 0 saturated carbocycles. The number of carbonyl (C=O) groups is 3. The highest BCUT2D eigenvalue weighted by Crippen LogP contribution is 2.33. The molecular formula is C14H14F2N4O4S. The van der Waals surface area contributed by atoms with Gasteiger partial charge in [-0.05, 0) is 25.5 Å². The van der Waals surface area contributed by atoms with E-state index < -0.39 is 24.3 Å². The number of anilines is 1. The number of primary amides is 1. The number of nitrogens with one attached hydrogen (secondary N) is 1. The second-order valence-electron chi connectivity index (χ2n) is 4.76. The number of thiophene rings is 1. The number of alkyl halides is 2. The van der Waals surface area contributed by atoms with Gasteiger partial charge in [-0.25, -0.2) is 9.48 Å². The number of halogens is 2. The van der Waals surface area contributed by atoms with E-state index in [1.807, 2.05) is 0 Å². The van der Waals surface area contributed by atoms with E-state index in [9.17, 15) is 23.2 Å². The Morgan fingerprint density at radius 1 is 1.44 bits per heavy atom. The Morgan fingerprint density at radius 2 is 2.12 bits per heavy atom. The van der Waals surface area contributed by atoms with Crippen LogP contribution >= 0.6 is 11.3 Å². The van der Waals surface area contributed by atoms with Gasteiger partial charge in [0.2, 0.25) is 0 Å². The first-order valence-electron chi connectivity index (χ1n) is 7.01. The molecule has 0 aliphatic rings. The van der Waals surface area contributed by atoms with Crippen LogP contribution in [0.25, 0.3) is 0 Å². The fourth-order valence-corrected chi connectivity index (χ4v) is 3.06. The lowest BCUT2D eigenvalue weighted by Gasteiger charge is -2.06. The standard InChI is InChI=1S/C14H14F2N4O4S/c1-3-24-13(23)8-6(2)9(10(17)21)25-12(8)18-11(22)7-4-5-20(19-7)14(15)16/h4-5,14H,3H2,1-2H3,(H2,17,21)(H,18,22). The van der Waals surface area contributed by atoms with Gasteiger partial charge in [-0.15, -0.1) is 11.3 Å². The number of nitrogens with two attached hydrogens (primary N) is 1. The summed E-state index contributed by atoms with van der Waals surface area (Å²) in [6.07, 6.45) is 0.945. The number of ether oxygens (including phenoxy) is 1. The number of aromatic nitrogens is 2. The smallest absolute Gasteiger partial charge is 0.341 e. The van der Waals surface area contributed by atoms with Crippen LogP contribution in [0.5, 0.6) is 0 Å². The summed E-state index contributed by atoms with van der Waals surface area (Å²) in [4.78, 5) is 35.8. The van der Waals surface area contributed by atoms with Gasteiger partial charge in [-0.2, -0.15) is 13.9 Å². The lowest BCUT2D eigenvalue weighted by Crippen LogP contribution is -2.16. The topological polar surface area (TPSA) is 116 Å². The van der Waals surface area contributed by atoms with Gasteiger partial charge in [0, 0.05) is 6.20 Å². The van der Waals surface area contributed by atoms with Crippen molar-refractivity contribution in [3.63, 3.8) is 0 Å². The Bertz CT molecular complexity index is 831. The maximum atomic E-state index is 12.5. The van der Waals surface area contributed by atoms with Crippen molar-refractivity contribution >= 4 is 34.1 Å². The lowest BCUT2D eigenvalue weighted by molar-refractivity contribution is 0.0526. The molecule has 25 heavy (non-hydrogen) atoms. The number of hydrogen-bond donors (Lipinski definition) is 2. The largest absolute Gasteiger partial charge is 0.462 e. The van der Waals surface area contributed by atoms with Crippen molar-refractivity contribution in [2.24, 2.45) is 5.73 Å². The Hall–Kier alpha value is -2.82. The second kappa shape index (κ2) is 7.38. The predicted molar refractivity (Wildman–Crippen MR) is 85.0 cm³/mol. The molecule has 0 unspecified atom stereocenters. The highest BCUT2D eigenvalue weighted by molar-refractivity contribution is 7.18. The quantitative estimate of drug-likeness (QED) is 0.754. The molecular weight excluding hydrogens is 358 g/mol. The molecule has 2 rings (SSSR count). The molecule has 0 bridgehead atoms. The van der Waals surface area contributed by atoms with Crippen molar-refractivity contribution < 1.29 is 27.9 Å². The molecule has 134 valence electrons. The van der Waals surface area contributed by atoms with E-state index in [-0.39, 0.29) is 33.3 Å². The fourth-order valence-electron chi connectivity index (χ4n) is 2.02. The Kier molecular flexibility index (Phi) is 5.47. The number of esters is 1. The van der Waals surface area contributed by atoms with Crippen LogP contribution in [-0.4, -0.2) is 34.2 Å². The monoisotopic (exact) mass is 372 g/mol. The van der Waals surface area contributed by atoms with E-state index in [1.165, 1.54) is 6.92 Å². The summed E-state index contributed by atoms with van der Waals surface area (Å²) in [6, 6.07) is 1.10. The van der Waals surface area contributed by atoms with E-state index in [1.54, 1.807) is 6.92 Å². The Morgan fingerprint density at radius 3 is 2.64 bits per heavy atom. The van der Waals surface area contributed by atoms with E-state index >= 15 is 0 Å². The van der Waals surface area contributed by atoms with Crippen molar-refractivity contribution in [3.05, 3.63) is 34.0 Å². The van der Waals surface area contributed by atoms with Crippen molar-refractivity contribution in [3.8, 4) is 0 Å². The summed E-state index contributed by atoms with van der Waals surface area (Å²) in [5.41, 5.74) is 5.24. The average molecular weight is 372 g/mol. The Balaban J connectivity index is 2.36. The predicted octanol–water partition coefficient (Wildman–Crippen LogP) is 2.18. The normalized spacial score (nSPS) is 10.8. The summed E-state index contributed by atoms with van der Waals surface area (Å²) in [6.45, 7) is 0.294. The molecule has 0 fully saturated rings. The number of rotatable bonds is 6. The first-order chi connectivity index (χ1) is 11.8. The van der Waals surface area contributed by atoms with Crippen molar-refractivity contribution in [1.82, 2.24) is 9.78 Å². The van der Waals surface area contributed by atoms with Crippen LogP contribution in [0.15, 0.2) is 12.3 Å². The zero-order valence-electron chi connectivity index (χ0n) is 13.2. The molecule has 8 nitrogen and oxygen atoms in total. The molecule has 0 aromatic carbocycles. The van der Waals surface area contributed by atoms with Gasteiger partial charge in [0.15, 0.2) is 5.69 Å². The van der Waals surface area contributed by atoms with Gasteiger partial charge in [-0.3, -0.25) is 9.59 Å². The molecule has 0 spiro atoms. The average Bonchev–Trinajstić information content (AvgIpc) is 3.12. The van der Waals surface area contributed by atoms with Crippen molar-refractivity contribution in [1.29, 1.82) is 0 Å². The van der Waals surface area contributed by atoms with Gasteiger partial charge in [0.25, 0.3) is 11.8 Å². The third-order valence-corrected chi connectivity index (χ3v) is 4.34. The van der Waals surface area contributed by atoms with E-state index in [2.05, 4.69) is 10.4 Å². The van der Waals surface area contributed by atoms with Crippen LogP contribution in [0.4, 0.5) is 13.8 Å². The van der Waals surface area contributed by atoms with Gasteiger partial charge < -0.3 is 15.8 Å². The number of nitrogens with zero attached hydrogens (tertiary/aromatic N) is 2. The second-order valence-corrected chi connectivity index (χ2v) is 5.78. The van der Waals surface area contributed by atoms with Crippen LogP contribution in [0, 0.1) is 6.92 Å². The molecule has 3 N–H and O–H groups in total. The lowest BCUT2D eigenvalue weighted by atomic mass is 10.1. The first-order valence-corrected chi connectivity index (χ1v) is 7.82. The fraction of sp³-hybridized carbons (Fsp3) is 0.286. The minimum atomic E-state index is -2.89. The SMILES string of the molecule is CCOC(=O)c1c(NC(=O)c2ccn(C(F)F)n2)sc(C(N)=O)c1C. The zero-order valence-corrected chi connectivity index (χ0v) is 14.0.